The van der Waals surface area contributed by atoms with E-state index in [1.165, 1.54) is 49.8 Å². The van der Waals surface area contributed by atoms with Crippen molar-refractivity contribution in [3.05, 3.63) is 210 Å². The summed E-state index contributed by atoms with van der Waals surface area (Å²) in [5.41, 5.74) is 10.1. The lowest BCUT2D eigenvalue weighted by Gasteiger charge is -2.46. The van der Waals surface area contributed by atoms with Gasteiger partial charge < -0.3 is 4.90 Å². The van der Waals surface area contributed by atoms with Crippen molar-refractivity contribution in [2.45, 2.75) is 5.41 Å². The van der Waals surface area contributed by atoms with Gasteiger partial charge in [0.25, 0.3) is 0 Å². The fourth-order valence-electron chi connectivity index (χ4n) is 8.28. The molecule has 0 radical (unpaired) electrons. The third-order valence-corrected chi connectivity index (χ3v) is 10.3. The first-order valence-electron chi connectivity index (χ1n) is 16.8. The Bertz CT molecular complexity index is 2610. The van der Waals surface area contributed by atoms with Gasteiger partial charge in [0.05, 0.1) is 27.8 Å². The van der Waals surface area contributed by atoms with Crippen molar-refractivity contribution >= 4 is 49.6 Å². The molecule has 230 valence electrons. The molecule has 2 aromatic heterocycles. The molecule has 0 unspecified atom stereocenters. The van der Waals surface area contributed by atoms with Crippen LogP contribution in [0.5, 0.6) is 0 Å². The first kappa shape index (κ1) is 27.6. The molecule has 10 rings (SSSR count). The van der Waals surface area contributed by atoms with E-state index in [0.717, 1.165) is 27.9 Å². The van der Waals surface area contributed by atoms with E-state index < -0.39 is 5.41 Å². The van der Waals surface area contributed by atoms with E-state index in [0.29, 0.717) is 0 Å². The monoisotopic (exact) mass is 625 g/mol. The van der Waals surface area contributed by atoms with E-state index in [1.54, 1.807) is 0 Å². The molecule has 1 aliphatic heterocycles. The highest BCUT2D eigenvalue weighted by molar-refractivity contribution is 6.13. The first-order chi connectivity index (χ1) is 24.3. The predicted octanol–water partition coefficient (Wildman–Crippen LogP) is 11.5. The zero-order chi connectivity index (χ0) is 32.4. The van der Waals surface area contributed by atoms with Gasteiger partial charge in [-0.3, -0.25) is 4.57 Å². The summed E-state index contributed by atoms with van der Waals surface area (Å²) >= 11 is 0. The predicted molar refractivity (Wildman–Crippen MR) is 203 cm³/mol. The van der Waals surface area contributed by atoms with Crippen LogP contribution in [0.1, 0.15) is 22.3 Å². The average molecular weight is 626 g/mol. The second-order valence-electron chi connectivity index (χ2n) is 12.8. The molecule has 3 nitrogen and oxygen atoms in total. The third-order valence-electron chi connectivity index (χ3n) is 10.3. The van der Waals surface area contributed by atoms with Gasteiger partial charge in [0.1, 0.15) is 5.82 Å². The zero-order valence-corrected chi connectivity index (χ0v) is 26.7. The van der Waals surface area contributed by atoms with Gasteiger partial charge in [-0.05, 0) is 70.1 Å². The topological polar surface area (TPSA) is 21.1 Å². The van der Waals surface area contributed by atoms with Gasteiger partial charge in [-0.2, -0.15) is 0 Å². The molecular weight excluding hydrogens is 595 g/mol. The Morgan fingerprint density at radius 1 is 0.429 bits per heavy atom. The van der Waals surface area contributed by atoms with Crippen molar-refractivity contribution < 1.29 is 0 Å². The first-order valence-corrected chi connectivity index (χ1v) is 16.8. The van der Waals surface area contributed by atoms with E-state index in [2.05, 4.69) is 191 Å². The Balaban J connectivity index is 1.43. The summed E-state index contributed by atoms with van der Waals surface area (Å²) < 4.78 is 2.38. The number of anilines is 3. The summed E-state index contributed by atoms with van der Waals surface area (Å²) in [6.45, 7) is 0. The Hall–Kier alpha value is -6.45. The Labute approximate surface area is 285 Å². The van der Waals surface area contributed by atoms with E-state index >= 15 is 0 Å². The minimum absolute atomic E-state index is 0.596. The summed E-state index contributed by atoms with van der Waals surface area (Å²) in [6, 6.07) is 66.1. The number of benzene rings is 7. The van der Waals surface area contributed by atoms with Gasteiger partial charge in [-0.1, -0.05) is 140 Å². The van der Waals surface area contributed by atoms with Crippen molar-refractivity contribution in [1.82, 2.24) is 9.55 Å². The SMILES string of the molecule is c1ccc(N2c3ccccc3C(c3ccccc3)(c3ccccc3)c3cc4c(cc32)c2ccccc2n4-c2nccc3ccccc23)cc1. The number of aromatic nitrogens is 2. The second kappa shape index (κ2) is 10.8. The van der Waals surface area contributed by atoms with E-state index in [-0.39, 0.29) is 0 Å². The van der Waals surface area contributed by atoms with Gasteiger partial charge in [0, 0.05) is 28.0 Å². The van der Waals surface area contributed by atoms with Crippen LogP contribution in [0.15, 0.2) is 188 Å². The van der Waals surface area contributed by atoms with Crippen molar-refractivity contribution in [1.29, 1.82) is 0 Å². The molecule has 0 saturated heterocycles. The van der Waals surface area contributed by atoms with Crippen LogP contribution in [0.2, 0.25) is 0 Å². The molecule has 0 bridgehead atoms. The lowest BCUT2D eigenvalue weighted by Crippen LogP contribution is -2.37. The minimum atomic E-state index is -0.596. The van der Waals surface area contributed by atoms with Crippen LogP contribution < -0.4 is 4.90 Å². The largest absolute Gasteiger partial charge is 0.310 e. The van der Waals surface area contributed by atoms with Crippen molar-refractivity contribution in [3.8, 4) is 5.82 Å². The molecule has 0 amide bonds. The van der Waals surface area contributed by atoms with Crippen LogP contribution in [0.25, 0.3) is 38.4 Å². The van der Waals surface area contributed by atoms with Gasteiger partial charge in [0.15, 0.2) is 0 Å². The summed E-state index contributed by atoms with van der Waals surface area (Å²) in [4.78, 5) is 7.52. The van der Waals surface area contributed by atoms with Gasteiger partial charge in [-0.25, -0.2) is 4.98 Å². The van der Waals surface area contributed by atoms with Gasteiger partial charge in [-0.15, -0.1) is 0 Å². The van der Waals surface area contributed by atoms with Crippen molar-refractivity contribution in [2.24, 2.45) is 0 Å². The lowest BCUT2D eigenvalue weighted by atomic mass is 9.62. The Kier molecular flexibility index (Phi) is 6.09. The summed E-state index contributed by atoms with van der Waals surface area (Å²) in [6.07, 6.45) is 1.93. The number of pyridine rings is 1. The molecule has 0 aliphatic carbocycles. The number of fused-ring (bicyclic) bond motifs is 6. The van der Waals surface area contributed by atoms with Crippen LogP contribution in [0, 0.1) is 0 Å². The smallest absolute Gasteiger partial charge is 0.145 e. The van der Waals surface area contributed by atoms with E-state index in [4.69, 9.17) is 4.98 Å². The van der Waals surface area contributed by atoms with Crippen molar-refractivity contribution in [3.63, 3.8) is 0 Å². The van der Waals surface area contributed by atoms with Crippen molar-refractivity contribution in [2.75, 3.05) is 4.90 Å². The molecule has 0 saturated carbocycles. The molecule has 0 spiro atoms. The normalized spacial score (nSPS) is 13.4. The fraction of sp³-hybridized carbons (Fsp3) is 0.0217. The van der Waals surface area contributed by atoms with Crippen LogP contribution in [-0.2, 0) is 5.41 Å². The van der Waals surface area contributed by atoms with E-state index in [1.807, 2.05) is 6.20 Å². The molecule has 7 aromatic carbocycles. The van der Waals surface area contributed by atoms with Crippen LogP contribution in [0.4, 0.5) is 17.1 Å². The summed E-state index contributed by atoms with van der Waals surface area (Å²) in [5.74, 6) is 0.936. The van der Waals surface area contributed by atoms with Gasteiger partial charge in [0.2, 0.25) is 0 Å². The summed E-state index contributed by atoms with van der Waals surface area (Å²) in [7, 11) is 0. The molecule has 0 fully saturated rings. The highest BCUT2D eigenvalue weighted by Gasteiger charge is 2.47. The van der Waals surface area contributed by atoms with E-state index in [9.17, 15) is 0 Å². The molecule has 9 aromatic rings. The standard InChI is InChI=1S/C46H31N3/c1-4-17-33(18-5-1)46(34-19-6-2-7-20-34)39-25-13-15-27-42(39)48(35-21-8-3-9-22-35)44-30-38-37-24-12-14-26-41(37)49(43(38)31-40(44)46)45-36-23-11-10-16-32(36)28-29-47-45/h1-31H. The maximum atomic E-state index is 5.07. The molecule has 1 aliphatic rings. The summed E-state index contributed by atoms with van der Waals surface area (Å²) in [5, 5.41) is 4.69. The number of para-hydroxylation sites is 3. The Morgan fingerprint density at radius 2 is 1.04 bits per heavy atom. The molecule has 3 heteroatoms. The minimum Gasteiger partial charge on any atom is -0.310 e. The maximum absolute atomic E-state index is 5.07. The average Bonchev–Trinajstić information content (AvgIpc) is 3.50. The molecule has 0 N–H and O–H groups in total. The molecule has 49 heavy (non-hydrogen) atoms. The van der Waals surface area contributed by atoms with Crippen LogP contribution >= 0.6 is 0 Å². The third kappa shape index (κ3) is 3.93. The molecule has 0 atom stereocenters. The Morgan fingerprint density at radius 3 is 1.80 bits per heavy atom. The number of rotatable bonds is 4. The highest BCUT2D eigenvalue weighted by Crippen LogP contribution is 2.58. The molecular formula is C46H31N3. The quantitative estimate of drug-likeness (QED) is 0.194. The number of hydrogen-bond acceptors (Lipinski definition) is 2. The fourth-order valence-corrected chi connectivity index (χ4v) is 8.28. The van der Waals surface area contributed by atoms with Crippen LogP contribution in [0.3, 0.4) is 0 Å². The van der Waals surface area contributed by atoms with Crippen LogP contribution in [-0.4, -0.2) is 9.55 Å². The number of nitrogens with zero attached hydrogens (tertiary/aromatic N) is 3. The van der Waals surface area contributed by atoms with Gasteiger partial charge >= 0.3 is 0 Å². The lowest BCUT2D eigenvalue weighted by molar-refractivity contribution is 0.732. The zero-order valence-electron chi connectivity index (χ0n) is 26.7. The number of hydrogen-bond donors (Lipinski definition) is 0. The second-order valence-corrected chi connectivity index (χ2v) is 12.8. The molecule has 3 heterocycles. The highest BCUT2D eigenvalue weighted by atomic mass is 15.2. The maximum Gasteiger partial charge on any atom is 0.145 e.